The molecule has 0 aliphatic heterocycles. The van der Waals surface area contributed by atoms with E-state index in [0.717, 1.165) is 0 Å². The molecule has 4 heteroatoms. The Bertz CT molecular complexity index is 776. The summed E-state index contributed by atoms with van der Waals surface area (Å²) in [7, 11) is 0. The van der Waals surface area contributed by atoms with E-state index in [9.17, 15) is 4.39 Å². The molecule has 2 rings (SSSR count). The maximum atomic E-state index is 13.8. The highest BCUT2D eigenvalue weighted by Crippen LogP contribution is 2.18. The van der Waals surface area contributed by atoms with E-state index in [1.54, 1.807) is 28.9 Å². The molecular weight excluding hydrogens is 277 g/mol. The molecule has 0 bridgehead atoms. The van der Waals surface area contributed by atoms with Gasteiger partial charge in [0.05, 0.1) is 12.2 Å². The van der Waals surface area contributed by atoms with Crippen LogP contribution < -0.4 is 0 Å². The number of nitriles is 1. The number of hydrogen-bond acceptors (Lipinski definition) is 2. The van der Waals surface area contributed by atoms with Crippen molar-refractivity contribution in [3.63, 3.8) is 0 Å². The lowest BCUT2D eigenvalue weighted by Crippen LogP contribution is -2.07. The molecule has 0 spiro atoms. The molecule has 1 aromatic heterocycles. The van der Waals surface area contributed by atoms with E-state index < -0.39 is 0 Å². The molecular formula is C18H16FN3. The fraction of sp³-hybridized carbons (Fsp3) is 0.111. The Morgan fingerprint density at radius 1 is 1.41 bits per heavy atom. The SMILES string of the molecule is C=C(/C=C\C=C/C)c1cc(C#N)nn1Cc1ccccc1F. The third-order valence-electron chi connectivity index (χ3n) is 3.10. The number of allylic oxidation sites excluding steroid dienone is 5. The van der Waals surface area contributed by atoms with Gasteiger partial charge < -0.3 is 0 Å². The number of halogens is 1. The monoisotopic (exact) mass is 293 g/mol. The Hall–Kier alpha value is -2.93. The van der Waals surface area contributed by atoms with E-state index in [-0.39, 0.29) is 18.1 Å². The highest BCUT2D eigenvalue weighted by molar-refractivity contribution is 5.70. The zero-order valence-corrected chi connectivity index (χ0v) is 12.3. The summed E-state index contributed by atoms with van der Waals surface area (Å²) < 4.78 is 15.4. The van der Waals surface area contributed by atoms with Gasteiger partial charge in [0.15, 0.2) is 5.69 Å². The molecule has 0 saturated carbocycles. The minimum absolute atomic E-state index is 0.250. The molecule has 0 radical (unpaired) electrons. The van der Waals surface area contributed by atoms with Gasteiger partial charge in [0.25, 0.3) is 0 Å². The quantitative estimate of drug-likeness (QED) is 0.779. The molecule has 1 heterocycles. The Morgan fingerprint density at radius 2 is 2.18 bits per heavy atom. The Kier molecular flexibility index (Phi) is 5.05. The molecule has 1 aromatic carbocycles. The van der Waals surface area contributed by atoms with Crippen molar-refractivity contribution >= 4 is 5.57 Å². The van der Waals surface area contributed by atoms with Crippen molar-refractivity contribution < 1.29 is 4.39 Å². The van der Waals surface area contributed by atoms with Crippen molar-refractivity contribution in [2.75, 3.05) is 0 Å². The lowest BCUT2D eigenvalue weighted by atomic mass is 10.1. The van der Waals surface area contributed by atoms with Crippen molar-refractivity contribution in [1.82, 2.24) is 9.78 Å². The lowest BCUT2D eigenvalue weighted by Gasteiger charge is -2.08. The summed E-state index contributed by atoms with van der Waals surface area (Å²) in [5.74, 6) is -0.294. The molecule has 0 amide bonds. The molecule has 3 nitrogen and oxygen atoms in total. The van der Waals surface area contributed by atoms with Crippen molar-refractivity contribution in [3.8, 4) is 6.07 Å². The molecule has 0 fully saturated rings. The first-order valence-electron chi connectivity index (χ1n) is 6.85. The molecule has 0 N–H and O–H groups in total. The first-order chi connectivity index (χ1) is 10.7. The summed E-state index contributed by atoms with van der Waals surface area (Å²) in [6.07, 6.45) is 7.47. The Labute approximate surface area is 129 Å². The van der Waals surface area contributed by atoms with Crippen LogP contribution >= 0.6 is 0 Å². The van der Waals surface area contributed by atoms with Crippen LogP contribution in [0.3, 0.4) is 0 Å². The van der Waals surface area contributed by atoms with Gasteiger partial charge >= 0.3 is 0 Å². The highest BCUT2D eigenvalue weighted by atomic mass is 19.1. The van der Waals surface area contributed by atoms with Crippen LogP contribution in [0.5, 0.6) is 0 Å². The molecule has 2 aromatic rings. The summed E-state index contributed by atoms with van der Waals surface area (Å²) in [5.41, 5.74) is 2.21. The van der Waals surface area contributed by atoms with Gasteiger partial charge in [-0.15, -0.1) is 0 Å². The van der Waals surface area contributed by atoms with Crippen LogP contribution in [0.1, 0.15) is 23.9 Å². The Balaban J connectivity index is 2.35. The molecule has 0 atom stereocenters. The first-order valence-corrected chi connectivity index (χ1v) is 6.85. The normalized spacial score (nSPS) is 11.1. The van der Waals surface area contributed by atoms with Gasteiger partial charge in [0.1, 0.15) is 11.9 Å². The van der Waals surface area contributed by atoms with Crippen LogP contribution in [0.2, 0.25) is 0 Å². The summed E-state index contributed by atoms with van der Waals surface area (Å²) in [5, 5.41) is 13.2. The number of nitrogens with zero attached hydrogens (tertiary/aromatic N) is 3. The van der Waals surface area contributed by atoms with E-state index in [1.807, 2.05) is 37.3 Å². The molecule has 0 aliphatic rings. The maximum Gasteiger partial charge on any atom is 0.163 e. The summed E-state index contributed by atoms with van der Waals surface area (Å²) >= 11 is 0. The number of aromatic nitrogens is 2. The van der Waals surface area contributed by atoms with Crippen LogP contribution in [0, 0.1) is 17.1 Å². The second-order valence-corrected chi connectivity index (χ2v) is 4.69. The molecule has 0 saturated heterocycles. The third kappa shape index (κ3) is 3.58. The van der Waals surface area contributed by atoms with Crippen molar-refractivity contribution in [3.05, 3.63) is 84.0 Å². The topological polar surface area (TPSA) is 41.6 Å². The lowest BCUT2D eigenvalue weighted by molar-refractivity contribution is 0.583. The van der Waals surface area contributed by atoms with E-state index in [2.05, 4.69) is 11.7 Å². The van der Waals surface area contributed by atoms with E-state index in [0.29, 0.717) is 16.8 Å². The van der Waals surface area contributed by atoms with Crippen molar-refractivity contribution in [2.24, 2.45) is 0 Å². The van der Waals surface area contributed by atoms with Gasteiger partial charge in [0, 0.05) is 11.6 Å². The van der Waals surface area contributed by atoms with Crippen LogP contribution in [0.4, 0.5) is 4.39 Å². The van der Waals surface area contributed by atoms with Crippen LogP contribution in [-0.2, 0) is 6.54 Å². The summed E-state index contributed by atoms with van der Waals surface area (Å²) in [6, 6.07) is 10.2. The van der Waals surface area contributed by atoms with Gasteiger partial charge in [-0.05, 0) is 18.6 Å². The van der Waals surface area contributed by atoms with Crippen molar-refractivity contribution in [2.45, 2.75) is 13.5 Å². The average Bonchev–Trinajstić information content (AvgIpc) is 2.93. The highest BCUT2D eigenvalue weighted by Gasteiger charge is 2.11. The molecule has 0 aliphatic carbocycles. The number of benzene rings is 1. The number of rotatable bonds is 5. The van der Waals surface area contributed by atoms with Gasteiger partial charge in [-0.1, -0.05) is 49.1 Å². The second kappa shape index (κ2) is 7.19. The van der Waals surface area contributed by atoms with Crippen LogP contribution in [0.25, 0.3) is 5.57 Å². The standard InChI is InChI=1S/C18H16FN3/c1-3-4-5-8-14(2)18-11-16(12-20)21-22(18)13-15-9-6-7-10-17(15)19/h3-11H,2,13H2,1H3/b4-3-,8-5-. The number of hydrogen-bond donors (Lipinski definition) is 0. The van der Waals surface area contributed by atoms with E-state index in [4.69, 9.17) is 5.26 Å². The third-order valence-corrected chi connectivity index (χ3v) is 3.10. The first kappa shape index (κ1) is 15.5. The van der Waals surface area contributed by atoms with Gasteiger partial charge in [-0.3, -0.25) is 4.68 Å². The van der Waals surface area contributed by atoms with Crippen molar-refractivity contribution in [1.29, 1.82) is 5.26 Å². The van der Waals surface area contributed by atoms with Gasteiger partial charge in [-0.2, -0.15) is 10.4 Å². The van der Waals surface area contributed by atoms with Gasteiger partial charge in [0.2, 0.25) is 0 Å². The molecule has 110 valence electrons. The second-order valence-electron chi connectivity index (χ2n) is 4.69. The molecule has 22 heavy (non-hydrogen) atoms. The minimum atomic E-state index is -0.294. The zero-order valence-electron chi connectivity index (χ0n) is 12.3. The fourth-order valence-corrected chi connectivity index (χ4v) is 2.01. The van der Waals surface area contributed by atoms with Crippen LogP contribution in [0.15, 0.2) is 61.2 Å². The largest absolute Gasteiger partial charge is 0.259 e. The van der Waals surface area contributed by atoms with Gasteiger partial charge in [-0.25, -0.2) is 4.39 Å². The predicted molar refractivity (Wildman–Crippen MR) is 85.4 cm³/mol. The fourth-order valence-electron chi connectivity index (χ4n) is 2.01. The zero-order chi connectivity index (χ0) is 15.9. The van der Waals surface area contributed by atoms with E-state index in [1.165, 1.54) is 6.07 Å². The predicted octanol–water partition coefficient (Wildman–Crippen LogP) is 4.09. The summed E-state index contributed by atoms with van der Waals surface area (Å²) in [4.78, 5) is 0. The summed E-state index contributed by atoms with van der Waals surface area (Å²) in [6.45, 7) is 6.15. The maximum absolute atomic E-state index is 13.8. The molecule has 0 unspecified atom stereocenters. The smallest absolute Gasteiger partial charge is 0.163 e. The minimum Gasteiger partial charge on any atom is -0.259 e. The van der Waals surface area contributed by atoms with Crippen LogP contribution in [-0.4, -0.2) is 9.78 Å². The van der Waals surface area contributed by atoms with E-state index >= 15 is 0 Å². The Morgan fingerprint density at radius 3 is 2.86 bits per heavy atom. The average molecular weight is 293 g/mol.